The van der Waals surface area contributed by atoms with E-state index in [1.165, 1.54) is 24.4 Å². The molecule has 1 heterocycles. The minimum absolute atomic E-state index is 0.0906. The summed E-state index contributed by atoms with van der Waals surface area (Å²) in [5.41, 5.74) is -0.792. The van der Waals surface area contributed by atoms with E-state index in [0.29, 0.717) is 0 Å². The fourth-order valence-electron chi connectivity index (χ4n) is 1.98. The monoisotopic (exact) mass is 341 g/mol. The average molecular weight is 341 g/mol. The number of alkyl halides is 3. The van der Waals surface area contributed by atoms with Crippen LogP contribution in [0.3, 0.4) is 0 Å². The van der Waals surface area contributed by atoms with Gasteiger partial charge in [0.2, 0.25) is 0 Å². The fraction of sp³-hybridized carbons (Fsp3) is 0.267. The number of carbonyl (C=O) groups is 2. The maximum absolute atomic E-state index is 12.7. The number of carbonyl (C=O) groups excluding carboxylic acids is 1. The Morgan fingerprint density at radius 1 is 1.33 bits per heavy atom. The molecule has 2 aromatic rings. The van der Waals surface area contributed by atoms with Crippen molar-refractivity contribution in [2.24, 2.45) is 0 Å². The third kappa shape index (κ3) is 3.92. The predicted octanol–water partition coefficient (Wildman–Crippen LogP) is 2.48. The number of hydrogen-bond acceptors (Lipinski definition) is 3. The van der Waals surface area contributed by atoms with E-state index in [-0.39, 0.29) is 17.8 Å². The Labute approximate surface area is 134 Å². The summed E-state index contributed by atoms with van der Waals surface area (Å²) < 4.78 is 39.3. The molecule has 24 heavy (non-hydrogen) atoms. The Morgan fingerprint density at radius 2 is 2.04 bits per heavy atom. The molecule has 1 atom stereocenters. The van der Waals surface area contributed by atoms with Crippen molar-refractivity contribution in [1.82, 2.24) is 15.1 Å². The molecule has 0 saturated carbocycles. The van der Waals surface area contributed by atoms with Gasteiger partial charge < -0.3 is 10.4 Å². The topological polar surface area (TPSA) is 84.2 Å². The normalized spacial score (nSPS) is 12.7. The summed E-state index contributed by atoms with van der Waals surface area (Å²) in [6.45, 7) is 1.60. The van der Waals surface area contributed by atoms with Crippen molar-refractivity contribution in [1.29, 1.82) is 0 Å². The van der Waals surface area contributed by atoms with Crippen molar-refractivity contribution in [3.8, 4) is 5.69 Å². The molecule has 0 fully saturated rings. The van der Waals surface area contributed by atoms with Crippen molar-refractivity contribution in [2.75, 3.05) is 0 Å². The molecule has 6 nitrogen and oxygen atoms in total. The van der Waals surface area contributed by atoms with Gasteiger partial charge in [0.1, 0.15) is 6.04 Å². The highest BCUT2D eigenvalue weighted by atomic mass is 19.4. The summed E-state index contributed by atoms with van der Waals surface area (Å²) in [7, 11) is 0. The van der Waals surface area contributed by atoms with Crippen LogP contribution in [0, 0.1) is 0 Å². The number of hydrogen-bond donors (Lipinski definition) is 2. The van der Waals surface area contributed by atoms with Crippen LogP contribution in [0.25, 0.3) is 5.69 Å². The molecule has 9 heteroatoms. The SMILES string of the molecule is CCC(NC(=O)c1ccn(-c2cccc(C(F)(F)F)c2)n1)C(=O)O. The highest BCUT2D eigenvalue weighted by Crippen LogP contribution is 2.30. The van der Waals surface area contributed by atoms with Gasteiger partial charge in [0.25, 0.3) is 5.91 Å². The quantitative estimate of drug-likeness (QED) is 0.875. The largest absolute Gasteiger partial charge is 0.480 e. The highest BCUT2D eigenvalue weighted by Gasteiger charge is 2.30. The first-order valence-electron chi connectivity index (χ1n) is 6.99. The van der Waals surface area contributed by atoms with Gasteiger partial charge in [-0.15, -0.1) is 0 Å². The standard InChI is InChI=1S/C15H14F3N3O3/c1-2-11(14(23)24)19-13(22)12-6-7-21(20-12)10-5-3-4-9(8-10)15(16,17)18/h3-8,11H,2H2,1H3,(H,19,22)(H,23,24). The zero-order valence-electron chi connectivity index (χ0n) is 12.5. The molecule has 1 amide bonds. The van der Waals surface area contributed by atoms with Crippen LogP contribution >= 0.6 is 0 Å². The van der Waals surface area contributed by atoms with Gasteiger partial charge >= 0.3 is 12.1 Å². The van der Waals surface area contributed by atoms with Crippen molar-refractivity contribution >= 4 is 11.9 Å². The molecule has 0 spiro atoms. The minimum atomic E-state index is -4.49. The second-order valence-corrected chi connectivity index (χ2v) is 4.97. The molecule has 0 saturated heterocycles. The number of carboxylic acids is 1. The van der Waals surface area contributed by atoms with E-state index >= 15 is 0 Å². The number of halogens is 3. The average Bonchev–Trinajstić information content (AvgIpc) is 3.01. The molecule has 0 aliphatic carbocycles. The number of nitrogens with zero attached hydrogens (tertiary/aromatic N) is 2. The van der Waals surface area contributed by atoms with Gasteiger partial charge in [-0.2, -0.15) is 18.3 Å². The van der Waals surface area contributed by atoms with Crippen molar-refractivity contribution < 1.29 is 27.9 Å². The van der Waals surface area contributed by atoms with E-state index < -0.39 is 29.7 Å². The Hall–Kier alpha value is -2.84. The molecule has 0 aliphatic rings. The molecular formula is C15H14F3N3O3. The molecule has 0 bridgehead atoms. The van der Waals surface area contributed by atoms with Gasteiger partial charge in [0.05, 0.1) is 11.3 Å². The number of benzene rings is 1. The van der Waals surface area contributed by atoms with Crippen LogP contribution in [0.15, 0.2) is 36.5 Å². The van der Waals surface area contributed by atoms with Crippen LogP contribution in [-0.4, -0.2) is 32.8 Å². The Balaban J connectivity index is 2.22. The van der Waals surface area contributed by atoms with Gasteiger partial charge in [0, 0.05) is 6.20 Å². The summed E-state index contributed by atoms with van der Waals surface area (Å²) in [6.07, 6.45) is -2.97. The second kappa shape index (κ2) is 6.73. The maximum atomic E-state index is 12.7. The Morgan fingerprint density at radius 3 is 2.62 bits per heavy atom. The molecule has 128 valence electrons. The number of aromatic nitrogens is 2. The molecule has 1 aromatic carbocycles. The van der Waals surface area contributed by atoms with Gasteiger partial charge in [-0.3, -0.25) is 4.79 Å². The van der Waals surface area contributed by atoms with Crippen LogP contribution in [0.1, 0.15) is 29.4 Å². The van der Waals surface area contributed by atoms with Gasteiger partial charge in [0.15, 0.2) is 5.69 Å². The number of amides is 1. The summed E-state index contributed by atoms with van der Waals surface area (Å²) in [4.78, 5) is 22.9. The van der Waals surface area contributed by atoms with Crippen molar-refractivity contribution in [3.63, 3.8) is 0 Å². The molecular weight excluding hydrogens is 327 g/mol. The number of rotatable bonds is 5. The molecule has 2 rings (SSSR count). The van der Waals surface area contributed by atoms with E-state index in [4.69, 9.17) is 5.11 Å². The summed E-state index contributed by atoms with van der Waals surface area (Å²) >= 11 is 0. The van der Waals surface area contributed by atoms with Crippen LogP contribution < -0.4 is 5.32 Å². The molecule has 1 unspecified atom stereocenters. The highest BCUT2D eigenvalue weighted by molar-refractivity contribution is 5.94. The number of nitrogens with one attached hydrogen (secondary N) is 1. The number of carboxylic acid groups (broad SMARTS) is 1. The number of aliphatic carboxylic acids is 1. The van der Waals surface area contributed by atoms with Crippen LogP contribution in [0.4, 0.5) is 13.2 Å². The smallest absolute Gasteiger partial charge is 0.416 e. The van der Waals surface area contributed by atoms with E-state index in [9.17, 15) is 22.8 Å². The third-order valence-corrected chi connectivity index (χ3v) is 3.27. The first-order valence-corrected chi connectivity index (χ1v) is 6.99. The lowest BCUT2D eigenvalue weighted by atomic mass is 10.2. The summed E-state index contributed by atoms with van der Waals surface area (Å²) in [6, 6.07) is 4.72. The lowest BCUT2D eigenvalue weighted by Gasteiger charge is -2.11. The molecule has 2 N–H and O–H groups in total. The van der Waals surface area contributed by atoms with E-state index in [0.717, 1.165) is 16.8 Å². The lowest BCUT2D eigenvalue weighted by Crippen LogP contribution is -2.40. The second-order valence-electron chi connectivity index (χ2n) is 4.97. The van der Waals surface area contributed by atoms with Gasteiger partial charge in [-0.05, 0) is 30.7 Å². The zero-order chi connectivity index (χ0) is 17.9. The zero-order valence-corrected chi connectivity index (χ0v) is 12.5. The van der Waals surface area contributed by atoms with Gasteiger partial charge in [-0.1, -0.05) is 13.0 Å². The van der Waals surface area contributed by atoms with Gasteiger partial charge in [-0.25, -0.2) is 9.48 Å². The first kappa shape index (κ1) is 17.5. The first-order chi connectivity index (χ1) is 11.2. The van der Waals surface area contributed by atoms with Crippen molar-refractivity contribution in [3.05, 3.63) is 47.8 Å². The van der Waals surface area contributed by atoms with Crippen LogP contribution in [-0.2, 0) is 11.0 Å². The third-order valence-electron chi connectivity index (χ3n) is 3.27. The lowest BCUT2D eigenvalue weighted by molar-refractivity contribution is -0.139. The van der Waals surface area contributed by atoms with Crippen LogP contribution in [0.5, 0.6) is 0 Å². The van der Waals surface area contributed by atoms with E-state index in [1.807, 2.05) is 0 Å². The maximum Gasteiger partial charge on any atom is 0.416 e. The molecule has 0 radical (unpaired) electrons. The summed E-state index contributed by atoms with van der Waals surface area (Å²) in [5.74, 6) is -1.89. The Bertz CT molecular complexity index is 756. The summed E-state index contributed by atoms with van der Waals surface area (Å²) in [5, 5.41) is 15.1. The van der Waals surface area contributed by atoms with Crippen LogP contribution in [0.2, 0.25) is 0 Å². The molecule has 1 aromatic heterocycles. The van der Waals surface area contributed by atoms with E-state index in [2.05, 4.69) is 10.4 Å². The fourth-order valence-corrected chi connectivity index (χ4v) is 1.98. The Kier molecular flexibility index (Phi) is 4.91. The minimum Gasteiger partial charge on any atom is -0.480 e. The molecule has 0 aliphatic heterocycles. The van der Waals surface area contributed by atoms with E-state index in [1.54, 1.807) is 6.92 Å². The van der Waals surface area contributed by atoms with Crippen molar-refractivity contribution in [2.45, 2.75) is 25.6 Å². The predicted molar refractivity (Wildman–Crippen MR) is 77.7 cm³/mol.